The molecular formula is C16H29N3O2. The number of nitrogens with zero attached hydrogens (tertiary/aromatic N) is 2. The summed E-state index contributed by atoms with van der Waals surface area (Å²) >= 11 is 0. The van der Waals surface area contributed by atoms with Crippen LogP contribution < -0.4 is 5.32 Å². The van der Waals surface area contributed by atoms with Gasteiger partial charge in [-0.15, -0.1) is 0 Å². The summed E-state index contributed by atoms with van der Waals surface area (Å²) in [6, 6.07) is 2.36. The van der Waals surface area contributed by atoms with E-state index in [-0.39, 0.29) is 18.1 Å². The first-order valence-corrected chi connectivity index (χ1v) is 7.67. The Morgan fingerprint density at radius 2 is 2.05 bits per heavy atom. The number of ether oxygens (including phenoxy) is 1. The van der Waals surface area contributed by atoms with Gasteiger partial charge in [0.05, 0.1) is 18.3 Å². The van der Waals surface area contributed by atoms with Crippen LogP contribution in [0.25, 0.3) is 0 Å². The van der Waals surface area contributed by atoms with Crippen molar-refractivity contribution < 1.29 is 9.53 Å². The van der Waals surface area contributed by atoms with Crippen LogP contribution in [0.4, 0.5) is 0 Å². The lowest BCUT2D eigenvalue weighted by molar-refractivity contribution is -0.151. The van der Waals surface area contributed by atoms with Crippen LogP contribution in [0.5, 0.6) is 0 Å². The summed E-state index contributed by atoms with van der Waals surface area (Å²) < 4.78 is 7.23. The number of aryl methyl sites for hydroxylation is 2. The fourth-order valence-electron chi connectivity index (χ4n) is 2.90. The zero-order valence-electron chi connectivity index (χ0n) is 14.4. The highest BCUT2D eigenvalue weighted by Gasteiger charge is 2.37. The highest BCUT2D eigenvalue weighted by atomic mass is 16.5. The molecule has 0 amide bonds. The standard InChI is InChI=1S/C16H29N3O2/c1-8-21-15(20)16(7,17-11(2)3)10-14(6)19-13(5)9-12(4)18-19/h9,11,14,17H,8,10H2,1-7H3. The zero-order valence-corrected chi connectivity index (χ0v) is 14.4. The van der Waals surface area contributed by atoms with E-state index in [2.05, 4.69) is 17.3 Å². The minimum Gasteiger partial charge on any atom is -0.465 e. The Bertz CT molecular complexity index is 482. The third-order valence-electron chi connectivity index (χ3n) is 3.50. The van der Waals surface area contributed by atoms with Gasteiger partial charge in [-0.1, -0.05) is 0 Å². The molecule has 0 fully saturated rings. The first kappa shape index (κ1) is 17.7. The monoisotopic (exact) mass is 295 g/mol. The Hall–Kier alpha value is -1.36. The van der Waals surface area contributed by atoms with Gasteiger partial charge in [-0.05, 0) is 61.0 Å². The van der Waals surface area contributed by atoms with Gasteiger partial charge in [0.2, 0.25) is 0 Å². The number of carbonyl (C=O) groups excluding carboxylic acids is 1. The Kier molecular flexibility index (Phi) is 5.96. The molecule has 1 aromatic rings. The van der Waals surface area contributed by atoms with Gasteiger partial charge in [-0.3, -0.25) is 14.8 Å². The Morgan fingerprint density at radius 3 is 2.48 bits per heavy atom. The number of carbonyl (C=O) groups is 1. The van der Waals surface area contributed by atoms with Crippen molar-refractivity contribution in [3.63, 3.8) is 0 Å². The number of rotatable bonds is 7. The summed E-state index contributed by atoms with van der Waals surface area (Å²) in [5.74, 6) is -0.202. The van der Waals surface area contributed by atoms with Crippen molar-refractivity contribution >= 4 is 5.97 Å². The molecule has 0 saturated carbocycles. The maximum Gasteiger partial charge on any atom is 0.326 e. The van der Waals surface area contributed by atoms with Gasteiger partial charge in [-0.2, -0.15) is 5.10 Å². The Labute approximate surface area is 128 Å². The van der Waals surface area contributed by atoms with Crippen molar-refractivity contribution in [1.82, 2.24) is 15.1 Å². The molecule has 5 nitrogen and oxygen atoms in total. The summed E-state index contributed by atoms with van der Waals surface area (Å²) in [6.45, 7) is 14.3. The molecule has 1 N–H and O–H groups in total. The van der Waals surface area contributed by atoms with E-state index in [9.17, 15) is 4.79 Å². The van der Waals surface area contributed by atoms with E-state index in [1.807, 2.05) is 52.3 Å². The van der Waals surface area contributed by atoms with Crippen molar-refractivity contribution in [2.24, 2.45) is 0 Å². The molecule has 1 rings (SSSR count). The van der Waals surface area contributed by atoms with Crippen molar-refractivity contribution in [1.29, 1.82) is 0 Å². The van der Waals surface area contributed by atoms with Crippen molar-refractivity contribution in [2.45, 2.75) is 72.5 Å². The molecule has 0 spiro atoms. The minimum absolute atomic E-state index is 0.111. The van der Waals surface area contributed by atoms with Crippen LogP contribution in [0, 0.1) is 13.8 Å². The molecule has 2 atom stereocenters. The van der Waals surface area contributed by atoms with E-state index in [4.69, 9.17) is 4.74 Å². The molecule has 1 heterocycles. The molecule has 0 aromatic carbocycles. The summed E-state index contributed by atoms with van der Waals surface area (Å²) in [5.41, 5.74) is 1.39. The van der Waals surface area contributed by atoms with Gasteiger partial charge in [0.15, 0.2) is 0 Å². The fraction of sp³-hybridized carbons (Fsp3) is 0.750. The minimum atomic E-state index is -0.712. The van der Waals surface area contributed by atoms with Gasteiger partial charge in [0.25, 0.3) is 0 Å². The highest BCUT2D eigenvalue weighted by Crippen LogP contribution is 2.24. The van der Waals surface area contributed by atoms with Crippen molar-refractivity contribution in [3.05, 3.63) is 17.5 Å². The molecule has 0 radical (unpaired) electrons. The van der Waals surface area contributed by atoms with Crippen LogP contribution >= 0.6 is 0 Å². The van der Waals surface area contributed by atoms with Gasteiger partial charge >= 0.3 is 5.97 Å². The molecule has 0 aliphatic rings. The van der Waals surface area contributed by atoms with E-state index >= 15 is 0 Å². The van der Waals surface area contributed by atoms with E-state index < -0.39 is 5.54 Å². The number of nitrogens with one attached hydrogen (secondary N) is 1. The SMILES string of the molecule is CCOC(=O)C(C)(CC(C)n1nc(C)cc1C)NC(C)C. The van der Waals surface area contributed by atoms with E-state index in [1.54, 1.807) is 0 Å². The topological polar surface area (TPSA) is 56.2 Å². The first-order chi connectivity index (χ1) is 9.69. The van der Waals surface area contributed by atoms with Crippen LogP contribution in [-0.4, -0.2) is 33.9 Å². The second-order valence-electron chi connectivity index (χ2n) is 6.28. The number of hydrogen-bond acceptors (Lipinski definition) is 4. The van der Waals surface area contributed by atoms with Gasteiger partial charge in [0.1, 0.15) is 5.54 Å². The summed E-state index contributed by atoms with van der Waals surface area (Å²) in [6.07, 6.45) is 0.631. The zero-order chi connectivity index (χ0) is 16.2. The van der Waals surface area contributed by atoms with Crippen LogP contribution in [0.3, 0.4) is 0 Å². The van der Waals surface area contributed by atoms with Crippen molar-refractivity contribution in [3.8, 4) is 0 Å². The largest absolute Gasteiger partial charge is 0.465 e. The average molecular weight is 295 g/mol. The van der Waals surface area contributed by atoms with Crippen LogP contribution in [0.15, 0.2) is 6.07 Å². The predicted octanol–water partition coefficient (Wildman–Crippen LogP) is 2.77. The lowest BCUT2D eigenvalue weighted by Crippen LogP contribution is -2.54. The van der Waals surface area contributed by atoms with Gasteiger partial charge < -0.3 is 4.74 Å². The Morgan fingerprint density at radius 1 is 1.43 bits per heavy atom. The maximum absolute atomic E-state index is 12.3. The molecule has 0 saturated heterocycles. The van der Waals surface area contributed by atoms with Gasteiger partial charge in [-0.25, -0.2) is 0 Å². The van der Waals surface area contributed by atoms with E-state index in [0.29, 0.717) is 13.0 Å². The second-order valence-corrected chi connectivity index (χ2v) is 6.28. The molecule has 2 unspecified atom stereocenters. The maximum atomic E-state index is 12.3. The third kappa shape index (κ3) is 4.56. The molecule has 21 heavy (non-hydrogen) atoms. The molecular weight excluding hydrogens is 266 g/mol. The summed E-state index contributed by atoms with van der Waals surface area (Å²) in [4.78, 5) is 12.3. The Balaban J connectivity index is 2.95. The smallest absolute Gasteiger partial charge is 0.326 e. The quantitative estimate of drug-likeness (QED) is 0.786. The average Bonchev–Trinajstić information content (AvgIpc) is 2.67. The lowest BCUT2D eigenvalue weighted by Gasteiger charge is -2.33. The number of esters is 1. The first-order valence-electron chi connectivity index (χ1n) is 7.67. The highest BCUT2D eigenvalue weighted by molar-refractivity contribution is 5.80. The molecule has 1 aromatic heterocycles. The predicted molar refractivity (Wildman–Crippen MR) is 84.3 cm³/mol. The molecule has 0 aliphatic carbocycles. The van der Waals surface area contributed by atoms with Crippen LogP contribution in [0.2, 0.25) is 0 Å². The third-order valence-corrected chi connectivity index (χ3v) is 3.50. The molecule has 120 valence electrons. The fourth-order valence-corrected chi connectivity index (χ4v) is 2.90. The second kappa shape index (κ2) is 7.07. The van der Waals surface area contributed by atoms with Gasteiger partial charge in [0, 0.05) is 11.7 Å². The van der Waals surface area contributed by atoms with Crippen molar-refractivity contribution in [2.75, 3.05) is 6.61 Å². The normalized spacial score (nSPS) is 15.8. The summed E-state index contributed by atoms with van der Waals surface area (Å²) in [5, 5.41) is 7.87. The molecule has 5 heteroatoms. The molecule has 0 aliphatic heterocycles. The number of hydrogen-bond donors (Lipinski definition) is 1. The van der Waals surface area contributed by atoms with E-state index in [1.165, 1.54) is 0 Å². The van der Waals surface area contributed by atoms with Crippen LogP contribution in [-0.2, 0) is 9.53 Å². The number of aromatic nitrogens is 2. The van der Waals surface area contributed by atoms with Crippen LogP contribution in [0.1, 0.15) is 58.5 Å². The lowest BCUT2D eigenvalue weighted by atomic mass is 9.92. The van der Waals surface area contributed by atoms with E-state index in [0.717, 1.165) is 11.4 Å². The molecule has 0 bridgehead atoms. The summed E-state index contributed by atoms with van der Waals surface area (Å²) in [7, 11) is 0.